The van der Waals surface area contributed by atoms with Crippen LogP contribution in [0.3, 0.4) is 0 Å². The number of benzene rings is 1. The highest BCUT2D eigenvalue weighted by Crippen LogP contribution is 2.15. The average Bonchev–Trinajstić information content (AvgIpc) is 2.58. The van der Waals surface area contributed by atoms with Crippen molar-refractivity contribution < 1.29 is 23.9 Å². The van der Waals surface area contributed by atoms with E-state index in [-0.39, 0.29) is 30.9 Å². The normalized spacial score (nSPS) is 16.7. The standard InChI is InChI=1S/C18H22N2O5/c1-3-24-17(22)16-12(2)19-18(23)20-14(16)11-25-15(21)10-9-13-7-5-4-6-8-13/h4-8,12H,3,9-11H2,1-2H3,(H2,19,20,23). The molecule has 7 heteroatoms. The molecule has 1 unspecified atom stereocenters. The lowest BCUT2D eigenvalue weighted by Gasteiger charge is -2.26. The molecule has 0 radical (unpaired) electrons. The molecule has 1 aromatic rings. The highest BCUT2D eigenvalue weighted by atomic mass is 16.5. The number of hydrogen-bond acceptors (Lipinski definition) is 5. The van der Waals surface area contributed by atoms with Gasteiger partial charge in [-0.15, -0.1) is 0 Å². The lowest BCUT2D eigenvalue weighted by Crippen LogP contribution is -2.50. The zero-order chi connectivity index (χ0) is 18.2. The summed E-state index contributed by atoms with van der Waals surface area (Å²) in [4.78, 5) is 35.6. The Balaban J connectivity index is 1.97. The molecule has 0 saturated heterocycles. The van der Waals surface area contributed by atoms with E-state index in [0.29, 0.717) is 6.42 Å². The van der Waals surface area contributed by atoms with E-state index < -0.39 is 24.0 Å². The Morgan fingerprint density at radius 1 is 1.16 bits per heavy atom. The number of rotatable bonds is 7. The molecule has 134 valence electrons. The lowest BCUT2D eigenvalue weighted by molar-refractivity contribution is -0.143. The fourth-order valence-electron chi connectivity index (χ4n) is 2.51. The van der Waals surface area contributed by atoms with Gasteiger partial charge < -0.3 is 20.1 Å². The molecule has 1 heterocycles. The number of amides is 2. The molecule has 1 aliphatic heterocycles. The summed E-state index contributed by atoms with van der Waals surface area (Å²) >= 11 is 0. The summed E-state index contributed by atoms with van der Waals surface area (Å²) in [7, 11) is 0. The zero-order valence-corrected chi connectivity index (χ0v) is 14.3. The smallest absolute Gasteiger partial charge is 0.338 e. The minimum absolute atomic E-state index is 0.181. The van der Waals surface area contributed by atoms with Crippen LogP contribution in [0.25, 0.3) is 0 Å². The Bertz CT molecular complexity index is 669. The van der Waals surface area contributed by atoms with E-state index in [4.69, 9.17) is 9.47 Å². The van der Waals surface area contributed by atoms with E-state index >= 15 is 0 Å². The monoisotopic (exact) mass is 346 g/mol. The maximum Gasteiger partial charge on any atom is 0.338 e. The van der Waals surface area contributed by atoms with E-state index in [1.165, 1.54) is 0 Å². The number of hydrogen-bond donors (Lipinski definition) is 2. The van der Waals surface area contributed by atoms with Crippen LogP contribution in [0.15, 0.2) is 41.6 Å². The van der Waals surface area contributed by atoms with Crippen molar-refractivity contribution in [1.29, 1.82) is 0 Å². The van der Waals surface area contributed by atoms with Crippen LogP contribution in [0.4, 0.5) is 4.79 Å². The Labute approximate surface area is 146 Å². The van der Waals surface area contributed by atoms with Crippen molar-refractivity contribution in [2.75, 3.05) is 13.2 Å². The van der Waals surface area contributed by atoms with Crippen LogP contribution < -0.4 is 10.6 Å². The number of urea groups is 1. The topological polar surface area (TPSA) is 93.7 Å². The minimum atomic E-state index is -0.544. The van der Waals surface area contributed by atoms with Crippen LogP contribution in [0.5, 0.6) is 0 Å². The Kier molecular flexibility index (Phi) is 6.56. The summed E-state index contributed by atoms with van der Waals surface area (Å²) in [5.41, 5.74) is 1.55. The third kappa shape index (κ3) is 5.34. The first-order valence-electron chi connectivity index (χ1n) is 8.18. The van der Waals surface area contributed by atoms with Crippen molar-refractivity contribution in [2.45, 2.75) is 32.7 Å². The van der Waals surface area contributed by atoms with Crippen LogP contribution in [-0.4, -0.2) is 37.2 Å². The summed E-state index contributed by atoms with van der Waals surface area (Å²) in [6.45, 7) is 3.40. The quantitative estimate of drug-likeness (QED) is 0.733. The van der Waals surface area contributed by atoms with Crippen molar-refractivity contribution in [1.82, 2.24) is 10.6 Å². The lowest BCUT2D eigenvalue weighted by atomic mass is 10.0. The summed E-state index contributed by atoms with van der Waals surface area (Å²) in [6, 6.07) is 8.62. The molecule has 7 nitrogen and oxygen atoms in total. The first kappa shape index (κ1) is 18.5. The zero-order valence-electron chi connectivity index (χ0n) is 14.3. The Hall–Kier alpha value is -2.83. The molecule has 1 atom stereocenters. The molecule has 0 aromatic heterocycles. The Morgan fingerprint density at radius 3 is 2.56 bits per heavy atom. The van der Waals surface area contributed by atoms with E-state index in [1.54, 1.807) is 13.8 Å². The fourth-order valence-corrected chi connectivity index (χ4v) is 2.51. The molecule has 25 heavy (non-hydrogen) atoms. The largest absolute Gasteiger partial charge is 0.463 e. The van der Waals surface area contributed by atoms with Crippen LogP contribution in [0.1, 0.15) is 25.8 Å². The van der Waals surface area contributed by atoms with E-state index in [9.17, 15) is 14.4 Å². The van der Waals surface area contributed by atoms with Gasteiger partial charge in [0.05, 0.1) is 23.9 Å². The van der Waals surface area contributed by atoms with E-state index in [0.717, 1.165) is 5.56 Å². The van der Waals surface area contributed by atoms with E-state index in [2.05, 4.69) is 10.6 Å². The van der Waals surface area contributed by atoms with Crippen LogP contribution in [-0.2, 0) is 25.5 Å². The van der Waals surface area contributed by atoms with Crippen molar-refractivity contribution in [3.63, 3.8) is 0 Å². The van der Waals surface area contributed by atoms with Gasteiger partial charge in [-0.2, -0.15) is 0 Å². The van der Waals surface area contributed by atoms with E-state index in [1.807, 2.05) is 30.3 Å². The predicted molar refractivity (Wildman–Crippen MR) is 90.5 cm³/mol. The number of ether oxygens (including phenoxy) is 2. The van der Waals surface area contributed by atoms with Crippen LogP contribution in [0, 0.1) is 0 Å². The second-order valence-electron chi connectivity index (χ2n) is 5.58. The molecule has 2 amide bonds. The minimum Gasteiger partial charge on any atom is -0.463 e. The molecule has 1 aliphatic rings. The predicted octanol–water partition coefficient (Wildman–Crippen LogP) is 1.68. The highest BCUT2D eigenvalue weighted by Gasteiger charge is 2.30. The number of esters is 2. The van der Waals surface area contributed by atoms with Gasteiger partial charge in [0.2, 0.25) is 0 Å². The van der Waals surface area contributed by atoms with Crippen molar-refractivity contribution in [3.8, 4) is 0 Å². The molecular formula is C18H22N2O5. The van der Waals surface area contributed by atoms with Gasteiger partial charge in [0.15, 0.2) is 0 Å². The second-order valence-corrected chi connectivity index (χ2v) is 5.58. The highest BCUT2D eigenvalue weighted by molar-refractivity contribution is 5.94. The molecule has 2 N–H and O–H groups in total. The number of aryl methyl sites for hydroxylation is 1. The Morgan fingerprint density at radius 2 is 1.88 bits per heavy atom. The van der Waals surface area contributed by atoms with Gasteiger partial charge in [-0.05, 0) is 25.8 Å². The van der Waals surface area contributed by atoms with Crippen molar-refractivity contribution in [2.24, 2.45) is 0 Å². The van der Waals surface area contributed by atoms with Gasteiger partial charge in [0.1, 0.15) is 6.61 Å². The van der Waals surface area contributed by atoms with Gasteiger partial charge in [-0.3, -0.25) is 4.79 Å². The number of nitrogens with one attached hydrogen (secondary N) is 2. The van der Waals surface area contributed by atoms with Gasteiger partial charge >= 0.3 is 18.0 Å². The maximum absolute atomic E-state index is 12.1. The summed E-state index contributed by atoms with van der Waals surface area (Å²) in [5.74, 6) is -0.946. The number of carbonyl (C=O) groups excluding carboxylic acids is 3. The summed E-state index contributed by atoms with van der Waals surface area (Å²) in [6.07, 6.45) is 0.779. The molecule has 0 aliphatic carbocycles. The molecular weight excluding hydrogens is 324 g/mol. The second kappa shape index (κ2) is 8.86. The first-order chi connectivity index (χ1) is 12.0. The van der Waals surface area contributed by atoms with Gasteiger partial charge in [-0.1, -0.05) is 30.3 Å². The molecule has 0 fully saturated rings. The fraction of sp³-hybridized carbons (Fsp3) is 0.389. The van der Waals surface area contributed by atoms with Gasteiger partial charge in [-0.25, -0.2) is 9.59 Å². The van der Waals surface area contributed by atoms with Crippen molar-refractivity contribution >= 4 is 18.0 Å². The molecule has 0 bridgehead atoms. The first-order valence-corrected chi connectivity index (χ1v) is 8.18. The maximum atomic E-state index is 12.1. The molecule has 2 rings (SSSR count). The molecule has 0 spiro atoms. The van der Waals surface area contributed by atoms with Gasteiger partial charge in [0.25, 0.3) is 0 Å². The average molecular weight is 346 g/mol. The van der Waals surface area contributed by atoms with Gasteiger partial charge in [0, 0.05) is 6.42 Å². The third-order valence-corrected chi connectivity index (χ3v) is 3.70. The molecule has 1 aromatic carbocycles. The number of carbonyl (C=O) groups is 3. The SMILES string of the molecule is CCOC(=O)C1=C(COC(=O)CCc2ccccc2)NC(=O)NC1C. The summed E-state index contributed by atoms with van der Waals surface area (Å²) < 4.78 is 10.2. The van der Waals surface area contributed by atoms with Crippen LogP contribution in [0.2, 0.25) is 0 Å². The summed E-state index contributed by atoms with van der Waals surface area (Å²) in [5, 5.41) is 5.10. The third-order valence-electron chi connectivity index (χ3n) is 3.70. The molecule has 0 saturated carbocycles. The van der Waals surface area contributed by atoms with Crippen LogP contribution >= 0.6 is 0 Å². The van der Waals surface area contributed by atoms with Crippen molar-refractivity contribution in [3.05, 3.63) is 47.2 Å².